The molecule has 0 N–H and O–H groups in total. The van der Waals surface area contributed by atoms with E-state index in [4.69, 9.17) is 0 Å². The zero-order valence-corrected chi connectivity index (χ0v) is 19.0. The fraction of sp³-hybridized carbons (Fsp3) is 0.357. The molecular weight excluding hydrogens is 364 g/mol. The Kier molecular flexibility index (Phi) is 8.76. The Balaban J connectivity index is 1.83. The molecule has 0 aliphatic heterocycles. The summed E-state index contributed by atoms with van der Waals surface area (Å²) in [6.45, 7) is 2.29. The van der Waals surface area contributed by atoms with Gasteiger partial charge in [-0.3, -0.25) is 0 Å². The molecule has 0 heterocycles. The lowest BCUT2D eigenvalue weighted by Crippen LogP contribution is -2.66. The van der Waals surface area contributed by atoms with Crippen molar-refractivity contribution in [2.24, 2.45) is 0 Å². The summed E-state index contributed by atoms with van der Waals surface area (Å²) in [4.78, 5) is 0. The van der Waals surface area contributed by atoms with Gasteiger partial charge in [0, 0.05) is 0 Å². The molecule has 0 aliphatic rings. The predicted molar refractivity (Wildman–Crippen MR) is 131 cm³/mol. The van der Waals surface area contributed by atoms with Gasteiger partial charge in [0.05, 0.1) is 0 Å². The van der Waals surface area contributed by atoms with E-state index in [1.807, 2.05) is 0 Å². The largest absolute Gasteiger partial charge is 0.148 e. The minimum absolute atomic E-state index is 1.29. The number of hydrogen-bond acceptors (Lipinski definition) is 0. The van der Waals surface area contributed by atoms with Gasteiger partial charge >= 0.3 is 0 Å². The van der Waals surface area contributed by atoms with Crippen molar-refractivity contribution >= 4 is 23.6 Å². The highest BCUT2D eigenvalue weighted by Crippen LogP contribution is 2.18. The SMILES string of the molecule is CCCCCCCCCC[Si](c1ccccc1)(c1ccccc1)c1ccccc1. The summed E-state index contributed by atoms with van der Waals surface area (Å²) < 4.78 is 0. The van der Waals surface area contributed by atoms with E-state index in [1.165, 1.54) is 57.4 Å². The summed E-state index contributed by atoms with van der Waals surface area (Å²) >= 11 is 0. The molecule has 152 valence electrons. The molecule has 0 amide bonds. The number of rotatable bonds is 12. The third-order valence-electron chi connectivity index (χ3n) is 6.21. The second-order valence-electron chi connectivity index (χ2n) is 8.23. The number of benzene rings is 3. The molecule has 0 aliphatic carbocycles. The van der Waals surface area contributed by atoms with Crippen molar-refractivity contribution in [3.63, 3.8) is 0 Å². The van der Waals surface area contributed by atoms with Gasteiger partial charge < -0.3 is 0 Å². The van der Waals surface area contributed by atoms with E-state index in [0.717, 1.165) is 0 Å². The molecule has 1 heteroatoms. The van der Waals surface area contributed by atoms with Crippen LogP contribution < -0.4 is 15.6 Å². The van der Waals surface area contributed by atoms with Gasteiger partial charge in [-0.25, -0.2) is 0 Å². The van der Waals surface area contributed by atoms with Crippen LogP contribution in [0.25, 0.3) is 0 Å². The second kappa shape index (κ2) is 11.8. The Morgan fingerprint density at radius 2 is 0.793 bits per heavy atom. The molecule has 0 saturated heterocycles. The van der Waals surface area contributed by atoms with E-state index in [0.29, 0.717) is 0 Å². The molecule has 0 radical (unpaired) electrons. The Labute approximate surface area is 179 Å². The number of unbranched alkanes of at least 4 members (excludes halogenated alkanes) is 7. The average molecular weight is 401 g/mol. The fourth-order valence-corrected chi connectivity index (χ4v) is 9.56. The van der Waals surface area contributed by atoms with Gasteiger partial charge in [0.25, 0.3) is 0 Å². The molecule has 3 aromatic carbocycles. The van der Waals surface area contributed by atoms with Crippen LogP contribution in [-0.2, 0) is 0 Å². The fourth-order valence-electron chi connectivity index (χ4n) is 4.63. The van der Waals surface area contributed by atoms with Gasteiger partial charge in [0.2, 0.25) is 0 Å². The summed E-state index contributed by atoms with van der Waals surface area (Å²) in [5.41, 5.74) is 0. The van der Waals surface area contributed by atoms with Crippen LogP contribution in [0.2, 0.25) is 6.04 Å². The normalized spacial score (nSPS) is 11.5. The van der Waals surface area contributed by atoms with Crippen LogP contribution in [0.5, 0.6) is 0 Å². The zero-order chi connectivity index (χ0) is 20.2. The molecule has 0 nitrogen and oxygen atoms in total. The van der Waals surface area contributed by atoms with Crippen LogP contribution in [0.1, 0.15) is 58.3 Å². The molecule has 0 atom stereocenters. The van der Waals surface area contributed by atoms with Crippen molar-refractivity contribution in [3.05, 3.63) is 91.0 Å². The molecule has 3 rings (SSSR count). The van der Waals surface area contributed by atoms with Crippen LogP contribution in [0.3, 0.4) is 0 Å². The molecule has 0 aromatic heterocycles. The molecule has 3 aromatic rings. The standard InChI is InChI=1S/C28H36Si/c1-2-3-4-5-6-7-8-18-25-29(26-19-12-9-13-20-26,27-21-14-10-15-22-27)28-23-16-11-17-24-28/h9-17,19-24H,2-8,18,25H2,1H3. The lowest BCUT2D eigenvalue weighted by molar-refractivity contribution is 0.584. The first-order chi connectivity index (χ1) is 14.4. The highest BCUT2D eigenvalue weighted by atomic mass is 28.3. The summed E-state index contributed by atoms with van der Waals surface area (Å²) in [5, 5.41) is 4.63. The highest BCUT2D eigenvalue weighted by molar-refractivity contribution is 7.11. The van der Waals surface area contributed by atoms with Crippen molar-refractivity contribution in [2.45, 2.75) is 64.3 Å². The maximum absolute atomic E-state index is 2.37. The first-order valence-corrected chi connectivity index (χ1v) is 13.7. The van der Waals surface area contributed by atoms with Gasteiger partial charge in [-0.05, 0) is 21.6 Å². The molecule has 0 fully saturated rings. The van der Waals surface area contributed by atoms with Crippen molar-refractivity contribution in [1.29, 1.82) is 0 Å². The summed E-state index contributed by atoms with van der Waals surface area (Å²) in [6, 6.07) is 35.3. The summed E-state index contributed by atoms with van der Waals surface area (Å²) in [7, 11) is -2.01. The monoisotopic (exact) mass is 400 g/mol. The van der Waals surface area contributed by atoms with Crippen molar-refractivity contribution in [2.75, 3.05) is 0 Å². The van der Waals surface area contributed by atoms with E-state index in [-0.39, 0.29) is 0 Å². The van der Waals surface area contributed by atoms with Gasteiger partial charge in [-0.2, -0.15) is 0 Å². The quantitative estimate of drug-likeness (QED) is 0.190. The third kappa shape index (κ3) is 5.70. The Bertz CT molecular complexity index is 699. The van der Waals surface area contributed by atoms with Gasteiger partial charge in [-0.15, -0.1) is 0 Å². The molecular formula is C28H36Si. The Morgan fingerprint density at radius 1 is 0.448 bits per heavy atom. The Morgan fingerprint density at radius 3 is 1.17 bits per heavy atom. The average Bonchev–Trinajstić information content (AvgIpc) is 2.80. The minimum Gasteiger partial charge on any atom is -0.0654 e. The molecule has 0 saturated carbocycles. The van der Waals surface area contributed by atoms with E-state index in [1.54, 1.807) is 15.6 Å². The lowest BCUT2D eigenvalue weighted by atomic mass is 10.1. The number of hydrogen-bond donors (Lipinski definition) is 0. The van der Waals surface area contributed by atoms with Crippen molar-refractivity contribution in [3.8, 4) is 0 Å². The van der Waals surface area contributed by atoms with E-state index in [9.17, 15) is 0 Å². The van der Waals surface area contributed by atoms with E-state index < -0.39 is 8.07 Å². The van der Waals surface area contributed by atoms with E-state index >= 15 is 0 Å². The lowest BCUT2D eigenvalue weighted by Gasteiger charge is -2.34. The maximum atomic E-state index is 2.37. The molecule has 0 bridgehead atoms. The smallest absolute Gasteiger partial charge is 0.0654 e. The van der Waals surface area contributed by atoms with E-state index in [2.05, 4.69) is 97.9 Å². The van der Waals surface area contributed by atoms with Crippen molar-refractivity contribution < 1.29 is 0 Å². The van der Waals surface area contributed by atoms with Crippen molar-refractivity contribution in [1.82, 2.24) is 0 Å². The van der Waals surface area contributed by atoms with Gasteiger partial charge in [-0.1, -0.05) is 149 Å². The van der Waals surface area contributed by atoms with Crippen LogP contribution in [0.15, 0.2) is 91.0 Å². The third-order valence-corrected chi connectivity index (χ3v) is 11.3. The predicted octanol–water partition coefficient (Wildman–Crippen LogP) is 6.30. The van der Waals surface area contributed by atoms with Crippen LogP contribution in [-0.4, -0.2) is 8.07 Å². The van der Waals surface area contributed by atoms with Gasteiger partial charge in [0.1, 0.15) is 8.07 Å². The zero-order valence-electron chi connectivity index (χ0n) is 18.0. The maximum Gasteiger partial charge on any atom is 0.148 e. The summed E-state index contributed by atoms with van der Waals surface area (Å²) in [6.07, 6.45) is 11.0. The van der Waals surface area contributed by atoms with Gasteiger partial charge in [0.15, 0.2) is 0 Å². The topological polar surface area (TPSA) is 0 Å². The first-order valence-electron chi connectivity index (χ1n) is 11.5. The first kappa shape index (κ1) is 21.6. The Hall–Kier alpha value is -2.12. The summed E-state index contributed by atoms with van der Waals surface area (Å²) in [5.74, 6) is 0. The van der Waals surface area contributed by atoms with Crippen LogP contribution in [0, 0.1) is 0 Å². The van der Waals surface area contributed by atoms with Crippen LogP contribution >= 0.6 is 0 Å². The van der Waals surface area contributed by atoms with Crippen LogP contribution in [0.4, 0.5) is 0 Å². The molecule has 0 unspecified atom stereocenters. The molecule has 0 spiro atoms. The highest BCUT2D eigenvalue weighted by Gasteiger charge is 2.38. The second-order valence-corrected chi connectivity index (χ2v) is 12.3. The minimum atomic E-state index is -2.01. The molecule has 29 heavy (non-hydrogen) atoms.